The van der Waals surface area contributed by atoms with Gasteiger partial charge < -0.3 is 4.74 Å². The average molecular weight is 406 g/mol. The van der Waals surface area contributed by atoms with Crippen molar-refractivity contribution in [1.29, 1.82) is 0 Å². The summed E-state index contributed by atoms with van der Waals surface area (Å²) in [6.07, 6.45) is 0.745. The van der Waals surface area contributed by atoms with Crippen LogP contribution >= 0.6 is 11.6 Å². The van der Waals surface area contributed by atoms with Crippen molar-refractivity contribution >= 4 is 43.8 Å². The molecule has 0 aliphatic carbocycles. The number of anilines is 2. The third-order valence-electron chi connectivity index (χ3n) is 4.51. The number of rotatable bonds is 4. The second kappa shape index (κ2) is 7.02. The predicted molar refractivity (Wildman–Crippen MR) is 106 cm³/mol. The van der Waals surface area contributed by atoms with Crippen LogP contribution in [0.3, 0.4) is 0 Å². The van der Waals surface area contributed by atoms with E-state index in [0.29, 0.717) is 23.7 Å². The number of alkyl halides is 1. The zero-order valence-electron chi connectivity index (χ0n) is 14.3. The van der Waals surface area contributed by atoms with Gasteiger partial charge in [-0.1, -0.05) is 30.3 Å². The van der Waals surface area contributed by atoms with Gasteiger partial charge in [-0.2, -0.15) is 0 Å². The molecule has 0 radical (unpaired) electrons. The first-order chi connectivity index (χ1) is 13.0. The molecule has 140 valence electrons. The molecule has 7 heteroatoms. The summed E-state index contributed by atoms with van der Waals surface area (Å²) in [5, 5.41) is 1.81. The molecule has 0 fully saturated rings. The van der Waals surface area contributed by atoms with Crippen LogP contribution in [-0.4, -0.2) is 19.7 Å². The van der Waals surface area contributed by atoms with Crippen molar-refractivity contribution in [2.24, 2.45) is 0 Å². The highest BCUT2D eigenvalue weighted by atomic mass is 35.5. The minimum atomic E-state index is -3.90. The lowest BCUT2D eigenvalue weighted by Gasteiger charge is -2.36. The smallest absolute Gasteiger partial charge is 0.277 e. The summed E-state index contributed by atoms with van der Waals surface area (Å²) < 4.78 is 47.4. The maximum absolute atomic E-state index is 13.8. The van der Waals surface area contributed by atoms with E-state index in [1.54, 1.807) is 12.1 Å². The molecule has 1 heterocycles. The predicted octanol–water partition coefficient (Wildman–Crippen LogP) is 5.18. The molecule has 1 atom stereocenters. The van der Waals surface area contributed by atoms with Gasteiger partial charge in [-0.05, 0) is 47.5 Å². The van der Waals surface area contributed by atoms with Crippen molar-refractivity contribution in [2.75, 3.05) is 10.2 Å². The Morgan fingerprint density at radius 3 is 2.48 bits per heavy atom. The van der Waals surface area contributed by atoms with Gasteiger partial charge in [0.15, 0.2) is 0 Å². The molecule has 27 heavy (non-hydrogen) atoms. The van der Waals surface area contributed by atoms with Gasteiger partial charge in [-0.3, -0.25) is 0 Å². The molecule has 1 aliphatic rings. The highest BCUT2D eigenvalue weighted by Gasteiger charge is 2.41. The zero-order valence-corrected chi connectivity index (χ0v) is 15.9. The molecule has 0 saturated carbocycles. The molecule has 0 N–H and O–H groups in total. The van der Waals surface area contributed by atoms with E-state index < -0.39 is 21.3 Å². The highest BCUT2D eigenvalue weighted by Crippen LogP contribution is 2.45. The van der Waals surface area contributed by atoms with E-state index in [1.165, 1.54) is 22.5 Å². The number of benzene rings is 3. The van der Waals surface area contributed by atoms with Crippen LogP contribution in [0.4, 0.5) is 15.8 Å². The standard InChI is InChI=1S/C20H17ClFNO3S/c21-10-4-9-20-26-19-12-15-6-2-1-5-14(15)11-18(19)23(27(20,24)25)17-8-3-7-16(22)13-17/h1-3,5-8,11-13,20H,4,9-10H2. The van der Waals surface area contributed by atoms with Gasteiger partial charge in [0.25, 0.3) is 10.0 Å². The Balaban J connectivity index is 1.94. The van der Waals surface area contributed by atoms with E-state index in [1.807, 2.05) is 30.3 Å². The van der Waals surface area contributed by atoms with Gasteiger partial charge in [-0.25, -0.2) is 17.1 Å². The molecule has 0 amide bonds. The molecule has 1 unspecified atom stereocenters. The van der Waals surface area contributed by atoms with Crippen LogP contribution in [0, 0.1) is 5.82 Å². The van der Waals surface area contributed by atoms with E-state index in [0.717, 1.165) is 10.8 Å². The van der Waals surface area contributed by atoms with Crippen LogP contribution in [0.5, 0.6) is 5.75 Å². The Bertz CT molecular complexity index is 1100. The van der Waals surface area contributed by atoms with Gasteiger partial charge in [-0.15, -0.1) is 11.6 Å². The molecule has 1 aliphatic heterocycles. The van der Waals surface area contributed by atoms with Crippen molar-refractivity contribution in [3.8, 4) is 5.75 Å². The number of sulfonamides is 1. The summed E-state index contributed by atoms with van der Waals surface area (Å²) >= 11 is 5.75. The molecule has 0 aromatic heterocycles. The monoisotopic (exact) mass is 405 g/mol. The van der Waals surface area contributed by atoms with Gasteiger partial charge in [0.2, 0.25) is 5.44 Å². The van der Waals surface area contributed by atoms with Crippen LogP contribution < -0.4 is 9.04 Å². The number of ether oxygens (including phenoxy) is 1. The Labute approximate surface area is 162 Å². The van der Waals surface area contributed by atoms with Crippen LogP contribution in [-0.2, 0) is 10.0 Å². The van der Waals surface area contributed by atoms with Crippen LogP contribution in [0.1, 0.15) is 12.8 Å². The summed E-state index contributed by atoms with van der Waals surface area (Å²) in [5.74, 6) is 0.279. The van der Waals surface area contributed by atoms with E-state index in [2.05, 4.69) is 0 Å². The van der Waals surface area contributed by atoms with Crippen molar-refractivity contribution in [3.05, 3.63) is 66.5 Å². The summed E-state index contributed by atoms with van der Waals surface area (Å²) in [4.78, 5) is 0. The maximum atomic E-state index is 13.8. The highest BCUT2D eigenvalue weighted by molar-refractivity contribution is 7.93. The molecule has 4 rings (SSSR count). The summed E-state index contributed by atoms with van der Waals surface area (Å²) in [7, 11) is -3.90. The fourth-order valence-electron chi connectivity index (χ4n) is 3.26. The first kappa shape index (κ1) is 18.1. The number of hydrogen-bond donors (Lipinski definition) is 0. The number of fused-ring (bicyclic) bond motifs is 2. The topological polar surface area (TPSA) is 46.6 Å². The van der Waals surface area contributed by atoms with E-state index in [-0.39, 0.29) is 12.1 Å². The quantitative estimate of drug-likeness (QED) is 0.561. The van der Waals surface area contributed by atoms with E-state index >= 15 is 0 Å². The second-order valence-electron chi connectivity index (χ2n) is 6.33. The second-order valence-corrected chi connectivity index (χ2v) is 8.63. The largest absolute Gasteiger partial charge is 0.470 e. The first-order valence-electron chi connectivity index (χ1n) is 8.56. The fourth-order valence-corrected chi connectivity index (χ4v) is 5.16. The minimum absolute atomic E-state index is 0.241. The lowest BCUT2D eigenvalue weighted by atomic mass is 10.1. The lowest BCUT2D eigenvalue weighted by molar-refractivity contribution is 0.257. The Kier molecular flexibility index (Phi) is 4.70. The fraction of sp³-hybridized carbons (Fsp3) is 0.200. The molecule has 0 spiro atoms. The van der Waals surface area contributed by atoms with E-state index in [9.17, 15) is 12.8 Å². The molecule has 3 aromatic rings. The van der Waals surface area contributed by atoms with Crippen LogP contribution in [0.15, 0.2) is 60.7 Å². The number of hydrogen-bond acceptors (Lipinski definition) is 3. The molecule has 0 bridgehead atoms. The van der Waals surface area contributed by atoms with Crippen LogP contribution in [0.2, 0.25) is 0 Å². The lowest BCUT2D eigenvalue weighted by Crippen LogP contribution is -2.43. The summed E-state index contributed by atoms with van der Waals surface area (Å²) in [5.41, 5.74) is -0.458. The average Bonchev–Trinajstić information content (AvgIpc) is 2.64. The number of nitrogens with zero attached hydrogens (tertiary/aromatic N) is 1. The Morgan fingerprint density at radius 1 is 1.04 bits per heavy atom. The SMILES string of the molecule is O=S1(=O)C(CCCCl)Oc2cc3ccccc3cc2N1c1cccc(F)c1. The van der Waals surface area contributed by atoms with Gasteiger partial charge in [0.1, 0.15) is 11.6 Å². The zero-order chi connectivity index (χ0) is 19.0. The summed E-state index contributed by atoms with van der Waals surface area (Å²) in [6, 6.07) is 16.7. The Hall–Kier alpha value is -2.31. The van der Waals surface area contributed by atoms with Gasteiger partial charge in [0, 0.05) is 12.3 Å². The normalized spacial score (nSPS) is 18.1. The van der Waals surface area contributed by atoms with Crippen molar-refractivity contribution < 1.29 is 17.5 Å². The molecular formula is C20H17ClFNO3S. The minimum Gasteiger partial charge on any atom is -0.470 e. The Morgan fingerprint density at radius 2 is 1.78 bits per heavy atom. The van der Waals surface area contributed by atoms with Gasteiger partial charge >= 0.3 is 0 Å². The molecular weight excluding hydrogens is 389 g/mol. The molecule has 4 nitrogen and oxygen atoms in total. The van der Waals surface area contributed by atoms with Crippen molar-refractivity contribution in [3.63, 3.8) is 0 Å². The third kappa shape index (κ3) is 3.24. The molecule has 3 aromatic carbocycles. The first-order valence-corrected chi connectivity index (χ1v) is 10.6. The third-order valence-corrected chi connectivity index (χ3v) is 6.69. The molecule has 0 saturated heterocycles. The van der Waals surface area contributed by atoms with Crippen LogP contribution in [0.25, 0.3) is 10.8 Å². The summed E-state index contributed by atoms with van der Waals surface area (Å²) in [6.45, 7) is 0. The van der Waals surface area contributed by atoms with Crippen molar-refractivity contribution in [2.45, 2.75) is 18.3 Å². The maximum Gasteiger partial charge on any atom is 0.277 e. The van der Waals surface area contributed by atoms with Crippen molar-refractivity contribution in [1.82, 2.24) is 0 Å². The van der Waals surface area contributed by atoms with Gasteiger partial charge in [0.05, 0.1) is 11.4 Å². The van der Waals surface area contributed by atoms with E-state index in [4.69, 9.17) is 16.3 Å². The number of halogens is 2.